The summed E-state index contributed by atoms with van der Waals surface area (Å²) in [5.41, 5.74) is 4.36. The number of benzene rings is 2. The Bertz CT molecular complexity index is 905. The molecular formula is C21H23N3OS. The van der Waals surface area contributed by atoms with Crippen molar-refractivity contribution in [3.05, 3.63) is 72.1 Å². The standard InChI is InChI=1S/C21H23N3OS/c1-15-10-11-16(2)19(14-15)24-13-12-22-21(24)26-17(3)20(25)23(4)18-8-6-5-7-9-18/h5-14,17H,1-4H3. The lowest BCUT2D eigenvalue weighted by Gasteiger charge is -2.21. The zero-order valence-corrected chi connectivity index (χ0v) is 16.3. The number of aromatic nitrogens is 2. The summed E-state index contributed by atoms with van der Waals surface area (Å²) in [4.78, 5) is 19.0. The Morgan fingerprint density at radius 1 is 1.15 bits per heavy atom. The number of nitrogens with zero attached hydrogens (tertiary/aromatic N) is 3. The van der Waals surface area contributed by atoms with E-state index in [1.54, 1.807) is 11.1 Å². The monoisotopic (exact) mass is 365 g/mol. The highest BCUT2D eigenvalue weighted by molar-refractivity contribution is 8.00. The van der Waals surface area contributed by atoms with Gasteiger partial charge in [-0.1, -0.05) is 42.1 Å². The highest BCUT2D eigenvalue weighted by atomic mass is 32.2. The molecule has 0 aliphatic carbocycles. The van der Waals surface area contributed by atoms with Crippen molar-refractivity contribution in [2.75, 3.05) is 11.9 Å². The zero-order chi connectivity index (χ0) is 18.7. The second kappa shape index (κ2) is 7.79. The number of carbonyl (C=O) groups excluding carboxylic acids is 1. The minimum atomic E-state index is -0.244. The van der Waals surface area contributed by atoms with E-state index in [-0.39, 0.29) is 11.2 Å². The molecule has 2 aromatic carbocycles. The van der Waals surface area contributed by atoms with Gasteiger partial charge in [0.05, 0.1) is 10.9 Å². The molecule has 0 spiro atoms. The van der Waals surface area contributed by atoms with Crippen LogP contribution in [0.1, 0.15) is 18.1 Å². The van der Waals surface area contributed by atoms with Gasteiger partial charge in [0.25, 0.3) is 0 Å². The van der Waals surface area contributed by atoms with Crippen LogP contribution in [0.2, 0.25) is 0 Å². The van der Waals surface area contributed by atoms with Crippen molar-refractivity contribution in [1.82, 2.24) is 9.55 Å². The second-order valence-corrected chi connectivity index (χ2v) is 7.67. The van der Waals surface area contributed by atoms with Crippen LogP contribution in [0.4, 0.5) is 5.69 Å². The van der Waals surface area contributed by atoms with Crippen molar-refractivity contribution in [1.29, 1.82) is 0 Å². The molecule has 1 amide bonds. The largest absolute Gasteiger partial charge is 0.315 e. The van der Waals surface area contributed by atoms with Crippen LogP contribution < -0.4 is 4.90 Å². The maximum absolute atomic E-state index is 12.8. The molecule has 1 heterocycles. The Labute approximate surface area is 158 Å². The molecule has 5 heteroatoms. The van der Waals surface area contributed by atoms with E-state index in [1.807, 2.05) is 50.5 Å². The van der Waals surface area contributed by atoms with Gasteiger partial charge in [0.1, 0.15) is 0 Å². The van der Waals surface area contributed by atoms with Gasteiger partial charge in [-0.25, -0.2) is 4.98 Å². The molecular weight excluding hydrogens is 342 g/mol. The Balaban J connectivity index is 1.81. The third-order valence-electron chi connectivity index (χ3n) is 4.33. The number of carbonyl (C=O) groups is 1. The number of para-hydroxylation sites is 1. The number of anilines is 1. The van der Waals surface area contributed by atoms with Gasteiger partial charge < -0.3 is 4.90 Å². The smallest absolute Gasteiger partial charge is 0.240 e. The summed E-state index contributed by atoms with van der Waals surface area (Å²) >= 11 is 1.48. The molecule has 1 atom stereocenters. The number of thioether (sulfide) groups is 1. The van der Waals surface area contributed by atoms with Crippen molar-refractivity contribution < 1.29 is 4.79 Å². The third kappa shape index (κ3) is 3.83. The van der Waals surface area contributed by atoms with Gasteiger partial charge in [0, 0.05) is 25.1 Å². The second-order valence-electron chi connectivity index (χ2n) is 6.36. The van der Waals surface area contributed by atoms with Crippen molar-refractivity contribution >= 4 is 23.4 Å². The molecule has 4 nitrogen and oxygen atoms in total. The van der Waals surface area contributed by atoms with Crippen LogP contribution in [-0.4, -0.2) is 27.8 Å². The predicted octanol–water partition coefficient (Wildman–Crippen LogP) is 4.63. The highest BCUT2D eigenvalue weighted by Crippen LogP contribution is 2.28. The number of hydrogen-bond donors (Lipinski definition) is 0. The first-order chi connectivity index (χ1) is 12.5. The Kier molecular flexibility index (Phi) is 5.47. The first kappa shape index (κ1) is 18.3. The maximum Gasteiger partial charge on any atom is 0.240 e. The minimum absolute atomic E-state index is 0.0525. The molecule has 0 radical (unpaired) electrons. The summed E-state index contributed by atoms with van der Waals surface area (Å²) in [7, 11) is 1.81. The van der Waals surface area contributed by atoms with Crippen LogP contribution in [0, 0.1) is 13.8 Å². The Morgan fingerprint density at radius 2 is 1.88 bits per heavy atom. The van der Waals surface area contributed by atoms with Crippen LogP contribution in [0.15, 0.2) is 66.1 Å². The van der Waals surface area contributed by atoms with Crippen molar-refractivity contribution in [2.24, 2.45) is 0 Å². The summed E-state index contributed by atoms with van der Waals surface area (Å²) in [5, 5.41) is 0.576. The molecule has 3 aromatic rings. The predicted molar refractivity (Wildman–Crippen MR) is 108 cm³/mol. The van der Waals surface area contributed by atoms with Gasteiger partial charge in [-0.15, -0.1) is 0 Å². The average molecular weight is 366 g/mol. The Hall–Kier alpha value is -2.53. The quantitative estimate of drug-likeness (QED) is 0.619. The minimum Gasteiger partial charge on any atom is -0.315 e. The number of aryl methyl sites for hydroxylation is 2. The fourth-order valence-corrected chi connectivity index (χ4v) is 3.77. The molecule has 0 N–H and O–H groups in total. The number of hydrogen-bond acceptors (Lipinski definition) is 3. The van der Waals surface area contributed by atoms with E-state index in [9.17, 15) is 4.79 Å². The van der Waals surface area contributed by atoms with E-state index in [4.69, 9.17) is 0 Å². The molecule has 134 valence electrons. The van der Waals surface area contributed by atoms with Gasteiger partial charge in [-0.2, -0.15) is 0 Å². The van der Waals surface area contributed by atoms with E-state index in [2.05, 4.69) is 41.6 Å². The molecule has 0 bridgehead atoms. The summed E-state index contributed by atoms with van der Waals surface area (Å²) in [6, 6.07) is 16.0. The van der Waals surface area contributed by atoms with E-state index in [1.165, 1.54) is 22.9 Å². The maximum atomic E-state index is 12.8. The number of imidazole rings is 1. The molecule has 1 unspecified atom stereocenters. The fourth-order valence-electron chi connectivity index (χ4n) is 2.80. The molecule has 26 heavy (non-hydrogen) atoms. The summed E-state index contributed by atoms with van der Waals surface area (Å²) in [6.45, 7) is 6.09. The van der Waals surface area contributed by atoms with Crippen LogP contribution in [0.5, 0.6) is 0 Å². The summed E-state index contributed by atoms with van der Waals surface area (Å²) < 4.78 is 2.05. The summed E-state index contributed by atoms with van der Waals surface area (Å²) in [5.74, 6) is 0.0525. The van der Waals surface area contributed by atoms with Crippen molar-refractivity contribution in [3.63, 3.8) is 0 Å². The Morgan fingerprint density at radius 3 is 2.62 bits per heavy atom. The molecule has 0 saturated heterocycles. The van der Waals surface area contributed by atoms with E-state index in [0.29, 0.717) is 0 Å². The van der Waals surface area contributed by atoms with Crippen LogP contribution in [0.3, 0.4) is 0 Å². The topological polar surface area (TPSA) is 38.1 Å². The SMILES string of the molecule is Cc1ccc(C)c(-n2ccnc2SC(C)C(=O)N(C)c2ccccc2)c1. The van der Waals surface area contributed by atoms with Gasteiger partial charge in [0.15, 0.2) is 5.16 Å². The van der Waals surface area contributed by atoms with Gasteiger partial charge in [-0.05, 0) is 50.1 Å². The lowest BCUT2D eigenvalue weighted by molar-refractivity contribution is -0.117. The average Bonchev–Trinajstić information content (AvgIpc) is 3.11. The van der Waals surface area contributed by atoms with Crippen LogP contribution in [0.25, 0.3) is 5.69 Å². The van der Waals surface area contributed by atoms with E-state index >= 15 is 0 Å². The number of amides is 1. The molecule has 0 aliphatic rings. The molecule has 3 rings (SSSR count). The first-order valence-corrected chi connectivity index (χ1v) is 9.45. The lowest BCUT2D eigenvalue weighted by Crippen LogP contribution is -2.33. The van der Waals surface area contributed by atoms with E-state index < -0.39 is 0 Å². The van der Waals surface area contributed by atoms with Crippen molar-refractivity contribution in [2.45, 2.75) is 31.2 Å². The molecule has 0 saturated carbocycles. The molecule has 1 aromatic heterocycles. The zero-order valence-electron chi connectivity index (χ0n) is 15.5. The number of rotatable bonds is 5. The van der Waals surface area contributed by atoms with Gasteiger partial charge in [0.2, 0.25) is 5.91 Å². The van der Waals surface area contributed by atoms with Gasteiger partial charge in [-0.3, -0.25) is 9.36 Å². The highest BCUT2D eigenvalue weighted by Gasteiger charge is 2.22. The molecule has 0 fully saturated rings. The summed E-state index contributed by atoms with van der Waals surface area (Å²) in [6.07, 6.45) is 3.73. The van der Waals surface area contributed by atoms with Crippen molar-refractivity contribution in [3.8, 4) is 5.69 Å². The van der Waals surface area contributed by atoms with Gasteiger partial charge >= 0.3 is 0 Å². The molecule has 0 aliphatic heterocycles. The van der Waals surface area contributed by atoms with Crippen LogP contribution >= 0.6 is 11.8 Å². The first-order valence-electron chi connectivity index (χ1n) is 8.57. The normalized spacial score (nSPS) is 12.0. The van der Waals surface area contributed by atoms with Crippen LogP contribution in [-0.2, 0) is 4.79 Å². The van der Waals surface area contributed by atoms with E-state index in [0.717, 1.165) is 16.5 Å². The lowest BCUT2D eigenvalue weighted by atomic mass is 10.1. The fraction of sp³-hybridized carbons (Fsp3) is 0.238. The third-order valence-corrected chi connectivity index (χ3v) is 5.40.